The molecule has 0 atom stereocenters. The summed E-state index contributed by atoms with van der Waals surface area (Å²) in [6.45, 7) is 0.338. The molecule has 7 heteroatoms. The van der Waals surface area contributed by atoms with Gasteiger partial charge in [-0.05, 0) is 48.4 Å². The van der Waals surface area contributed by atoms with Gasteiger partial charge in [0, 0.05) is 16.5 Å². The average Bonchev–Trinajstić information content (AvgIpc) is 3.24. The Balaban J connectivity index is 1.55. The number of carbonyl (C=O) groups excluding carboxylic acids is 1. The Kier molecular flexibility index (Phi) is 7.41. The monoisotopic (exact) mass is 473 g/mol. The number of ether oxygens (including phenoxy) is 3. The number of amides is 1. The summed E-state index contributed by atoms with van der Waals surface area (Å²) in [6, 6.07) is 15.4. The second-order valence-corrected chi connectivity index (χ2v) is 7.50. The highest BCUT2D eigenvalue weighted by Gasteiger charge is 2.14. The van der Waals surface area contributed by atoms with Gasteiger partial charge in [0.1, 0.15) is 11.5 Å². The number of aryl methyl sites for hydroxylation is 1. The third-order valence-electron chi connectivity index (χ3n) is 4.62. The Bertz CT molecular complexity index is 972. The lowest BCUT2D eigenvalue weighted by molar-refractivity contribution is -0.121. The predicted octanol–water partition coefficient (Wildman–Crippen LogP) is 4.98. The molecule has 1 heterocycles. The van der Waals surface area contributed by atoms with E-state index in [0.717, 1.165) is 21.4 Å². The zero-order chi connectivity index (χ0) is 21.5. The Morgan fingerprint density at radius 2 is 1.63 bits per heavy atom. The first kappa shape index (κ1) is 21.8. The fourth-order valence-corrected chi connectivity index (χ4v) is 3.32. The summed E-state index contributed by atoms with van der Waals surface area (Å²) in [5.41, 5.74) is 1.91. The molecule has 1 N–H and O–H groups in total. The second-order valence-electron chi connectivity index (χ2n) is 6.58. The van der Waals surface area contributed by atoms with Crippen LogP contribution >= 0.6 is 15.9 Å². The molecule has 0 unspecified atom stereocenters. The zero-order valence-corrected chi connectivity index (χ0v) is 18.7. The van der Waals surface area contributed by atoms with E-state index in [1.54, 1.807) is 21.3 Å². The Hall–Kier alpha value is -2.93. The maximum Gasteiger partial charge on any atom is 0.220 e. The van der Waals surface area contributed by atoms with Gasteiger partial charge in [0.15, 0.2) is 11.5 Å². The number of hydrogen-bond acceptors (Lipinski definition) is 5. The molecule has 3 aromatic rings. The number of rotatable bonds is 9. The molecular weight excluding hydrogens is 450 g/mol. The number of carbonyl (C=O) groups is 1. The van der Waals surface area contributed by atoms with Gasteiger partial charge in [0.25, 0.3) is 0 Å². The van der Waals surface area contributed by atoms with Gasteiger partial charge in [-0.2, -0.15) is 0 Å². The molecule has 30 heavy (non-hydrogen) atoms. The van der Waals surface area contributed by atoms with E-state index in [2.05, 4.69) is 21.2 Å². The van der Waals surface area contributed by atoms with E-state index in [9.17, 15) is 4.79 Å². The van der Waals surface area contributed by atoms with Crippen LogP contribution in [0.5, 0.6) is 17.2 Å². The van der Waals surface area contributed by atoms with Crippen LogP contribution in [0.25, 0.3) is 11.3 Å². The predicted molar refractivity (Wildman–Crippen MR) is 118 cm³/mol. The molecule has 0 radical (unpaired) electrons. The normalized spacial score (nSPS) is 10.5. The quantitative estimate of drug-likeness (QED) is 0.474. The van der Waals surface area contributed by atoms with Crippen molar-refractivity contribution in [1.29, 1.82) is 0 Å². The molecule has 0 aliphatic rings. The third kappa shape index (κ3) is 5.36. The number of nitrogens with one attached hydrogen (secondary N) is 1. The van der Waals surface area contributed by atoms with Crippen molar-refractivity contribution in [3.8, 4) is 28.6 Å². The van der Waals surface area contributed by atoms with Crippen molar-refractivity contribution in [2.75, 3.05) is 21.3 Å². The van der Waals surface area contributed by atoms with Crippen LogP contribution in [0, 0.1) is 0 Å². The van der Waals surface area contributed by atoms with Gasteiger partial charge in [0.2, 0.25) is 11.7 Å². The highest BCUT2D eigenvalue weighted by molar-refractivity contribution is 9.10. The van der Waals surface area contributed by atoms with Gasteiger partial charge in [-0.15, -0.1) is 0 Å². The van der Waals surface area contributed by atoms with E-state index in [1.807, 2.05) is 48.5 Å². The smallest absolute Gasteiger partial charge is 0.220 e. The lowest BCUT2D eigenvalue weighted by Crippen LogP contribution is -2.22. The van der Waals surface area contributed by atoms with Crippen molar-refractivity contribution in [2.24, 2.45) is 0 Å². The van der Waals surface area contributed by atoms with Crippen molar-refractivity contribution in [2.45, 2.75) is 19.4 Å². The van der Waals surface area contributed by atoms with Gasteiger partial charge >= 0.3 is 0 Å². The molecule has 0 fully saturated rings. The molecule has 0 bridgehead atoms. The van der Waals surface area contributed by atoms with E-state index >= 15 is 0 Å². The number of furan rings is 1. The molecule has 158 valence electrons. The SMILES string of the molecule is COc1cc(CCC(=O)NCc2ccc(-c3ccc(Br)cc3)o2)cc(OC)c1OC. The zero-order valence-electron chi connectivity index (χ0n) is 17.2. The molecule has 1 amide bonds. The highest BCUT2D eigenvalue weighted by Crippen LogP contribution is 2.38. The van der Waals surface area contributed by atoms with Crippen LogP contribution in [0.2, 0.25) is 0 Å². The van der Waals surface area contributed by atoms with E-state index in [1.165, 1.54) is 0 Å². The summed E-state index contributed by atoms with van der Waals surface area (Å²) in [5, 5.41) is 2.90. The van der Waals surface area contributed by atoms with Gasteiger partial charge in [-0.3, -0.25) is 4.79 Å². The minimum absolute atomic E-state index is 0.0645. The summed E-state index contributed by atoms with van der Waals surface area (Å²) in [6.07, 6.45) is 0.879. The Labute approximate surface area is 184 Å². The summed E-state index contributed by atoms with van der Waals surface area (Å²) in [4.78, 5) is 12.3. The van der Waals surface area contributed by atoms with Crippen LogP contribution in [0.4, 0.5) is 0 Å². The van der Waals surface area contributed by atoms with Gasteiger partial charge in [-0.25, -0.2) is 0 Å². The Morgan fingerprint density at radius 1 is 0.967 bits per heavy atom. The van der Waals surface area contributed by atoms with Crippen LogP contribution in [0.3, 0.4) is 0 Å². The first-order valence-electron chi connectivity index (χ1n) is 9.44. The van der Waals surface area contributed by atoms with Crippen LogP contribution in [0.1, 0.15) is 17.7 Å². The molecule has 0 spiro atoms. The molecular formula is C23H24BrNO5. The Morgan fingerprint density at radius 3 is 2.23 bits per heavy atom. The van der Waals surface area contributed by atoms with Gasteiger partial charge < -0.3 is 23.9 Å². The average molecular weight is 474 g/mol. The van der Waals surface area contributed by atoms with Crippen LogP contribution < -0.4 is 19.5 Å². The first-order chi connectivity index (χ1) is 14.5. The second kappa shape index (κ2) is 10.2. The number of halogens is 1. The minimum Gasteiger partial charge on any atom is -0.493 e. The molecule has 2 aromatic carbocycles. The number of hydrogen-bond donors (Lipinski definition) is 1. The van der Waals surface area contributed by atoms with Crippen molar-refractivity contribution in [1.82, 2.24) is 5.32 Å². The van der Waals surface area contributed by atoms with Gasteiger partial charge in [0.05, 0.1) is 27.9 Å². The topological polar surface area (TPSA) is 69.9 Å². The molecule has 0 saturated carbocycles. The molecule has 0 aliphatic heterocycles. The third-order valence-corrected chi connectivity index (χ3v) is 5.14. The van der Waals surface area contributed by atoms with Crippen molar-refractivity contribution in [3.05, 3.63) is 64.3 Å². The number of methoxy groups -OCH3 is 3. The largest absolute Gasteiger partial charge is 0.493 e. The lowest BCUT2D eigenvalue weighted by Gasteiger charge is -2.14. The fourth-order valence-electron chi connectivity index (χ4n) is 3.05. The van der Waals surface area contributed by atoms with Crippen molar-refractivity contribution < 1.29 is 23.4 Å². The maximum atomic E-state index is 12.3. The van der Waals surface area contributed by atoms with E-state index in [4.69, 9.17) is 18.6 Å². The summed E-state index contributed by atoms with van der Waals surface area (Å²) < 4.78 is 22.9. The van der Waals surface area contributed by atoms with Crippen LogP contribution in [0.15, 0.2) is 57.4 Å². The van der Waals surface area contributed by atoms with Crippen LogP contribution in [-0.4, -0.2) is 27.2 Å². The maximum absolute atomic E-state index is 12.3. The number of benzene rings is 2. The molecule has 1 aromatic heterocycles. The van der Waals surface area contributed by atoms with Crippen LogP contribution in [-0.2, 0) is 17.8 Å². The fraction of sp³-hybridized carbons (Fsp3) is 0.261. The molecule has 3 rings (SSSR count). The summed E-state index contributed by atoms with van der Waals surface area (Å²) in [7, 11) is 4.70. The first-order valence-corrected chi connectivity index (χ1v) is 10.2. The molecule has 6 nitrogen and oxygen atoms in total. The van der Waals surface area contributed by atoms with E-state index < -0.39 is 0 Å². The standard InChI is InChI=1S/C23H24BrNO5/c1-27-20-12-15(13-21(28-2)23(20)29-3)4-11-22(26)25-14-18-9-10-19(30-18)16-5-7-17(24)8-6-16/h5-10,12-13H,4,11,14H2,1-3H3,(H,25,26). The molecule has 0 aliphatic carbocycles. The minimum atomic E-state index is -0.0645. The lowest BCUT2D eigenvalue weighted by atomic mass is 10.1. The van der Waals surface area contributed by atoms with E-state index in [0.29, 0.717) is 42.4 Å². The molecule has 0 saturated heterocycles. The van der Waals surface area contributed by atoms with E-state index in [-0.39, 0.29) is 5.91 Å². The highest BCUT2D eigenvalue weighted by atomic mass is 79.9. The van der Waals surface area contributed by atoms with Gasteiger partial charge in [-0.1, -0.05) is 28.1 Å². The van der Waals surface area contributed by atoms with Crippen molar-refractivity contribution >= 4 is 21.8 Å². The summed E-state index contributed by atoms with van der Waals surface area (Å²) in [5.74, 6) is 3.09. The summed E-state index contributed by atoms with van der Waals surface area (Å²) >= 11 is 3.42. The van der Waals surface area contributed by atoms with Crippen molar-refractivity contribution in [3.63, 3.8) is 0 Å².